The number of fused-ring (bicyclic) bond motifs is 12. The van der Waals surface area contributed by atoms with Gasteiger partial charge >= 0.3 is 0 Å². The Morgan fingerprint density at radius 1 is 0.382 bits per heavy atom. The molecule has 55 heavy (non-hydrogen) atoms. The molecule has 256 valence electrons. The third-order valence-corrected chi connectivity index (χ3v) is 11.1. The maximum Gasteiger partial charge on any atom is 0.235 e. The summed E-state index contributed by atoms with van der Waals surface area (Å²) in [6.07, 6.45) is 0. The van der Waals surface area contributed by atoms with Crippen molar-refractivity contribution in [1.82, 2.24) is 19.1 Å². The molecule has 0 bridgehead atoms. The SMILES string of the molecule is c1ccc(-c2ccc(-c3nc(-n4c5ccc6c7ccccc7oc6c5c5ccc6c(c7ccccc7n6-c6ccccc6)c54)nc4ccccc34)cc2)cc1. The first-order valence-electron chi connectivity index (χ1n) is 18.6. The monoisotopic (exact) mass is 702 g/mol. The fraction of sp³-hybridized carbons (Fsp3) is 0. The Kier molecular flexibility index (Phi) is 6.27. The van der Waals surface area contributed by atoms with E-state index in [0.717, 1.165) is 99.0 Å². The molecular formula is C50H30N4O. The molecule has 0 unspecified atom stereocenters. The second-order valence-electron chi connectivity index (χ2n) is 14.1. The van der Waals surface area contributed by atoms with E-state index in [-0.39, 0.29) is 0 Å². The maximum absolute atomic E-state index is 6.75. The van der Waals surface area contributed by atoms with Crippen molar-refractivity contribution in [1.29, 1.82) is 0 Å². The molecule has 0 atom stereocenters. The van der Waals surface area contributed by atoms with Gasteiger partial charge in [-0.2, -0.15) is 0 Å². The standard InChI is InChI=1S/C50H30N4O/c1-3-13-31(14-4-1)32-23-25-33(26-24-32)47-37-18-7-10-20-40(37)51-50(52-47)54-43-29-27-36-35-17-9-12-22-44(35)55-49(36)46(43)39-28-30-42-45(48(39)54)38-19-8-11-21-41(38)53(42)34-15-5-2-6-16-34/h1-30H. The molecule has 4 heterocycles. The average Bonchev–Trinajstić information content (AvgIpc) is 3.91. The van der Waals surface area contributed by atoms with Crippen molar-refractivity contribution >= 4 is 76.5 Å². The number of nitrogens with zero attached hydrogens (tertiary/aromatic N) is 4. The minimum atomic E-state index is 0.611. The van der Waals surface area contributed by atoms with Gasteiger partial charge < -0.3 is 8.98 Å². The first kappa shape index (κ1) is 30.0. The van der Waals surface area contributed by atoms with Crippen molar-refractivity contribution in [3.63, 3.8) is 0 Å². The number of benzene rings is 8. The number of furan rings is 1. The average molecular weight is 703 g/mol. The number of para-hydroxylation sites is 4. The summed E-state index contributed by atoms with van der Waals surface area (Å²) in [6.45, 7) is 0. The Morgan fingerprint density at radius 3 is 1.82 bits per heavy atom. The lowest BCUT2D eigenvalue weighted by Gasteiger charge is -2.13. The van der Waals surface area contributed by atoms with Crippen molar-refractivity contribution < 1.29 is 4.42 Å². The van der Waals surface area contributed by atoms with E-state index < -0.39 is 0 Å². The van der Waals surface area contributed by atoms with Crippen LogP contribution in [0, 0.1) is 0 Å². The fourth-order valence-electron chi connectivity index (χ4n) is 8.72. The zero-order chi connectivity index (χ0) is 36.0. The lowest BCUT2D eigenvalue weighted by atomic mass is 10.0. The zero-order valence-corrected chi connectivity index (χ0v) is 29.5. The normalized spacial score (nSPS) is 12.0. The van der Waals surface area contributed by atoms with Crippen LogP contribution in [0.4, 0.5) is 0 Å². The molecule has 5 nitrogen and oxygen atoms in total. The smallest absolute Gasteiger partial charge is 0.235 e. The molecule has 0 fully saturated rings. The molecule has 0 saturated heterocycles. The van der Waals surface area contributed by atoms with Gasteiger partial charge in [-0.3, -0.25) is 4.57 Å². The van der Waals surface area contributed by atoms with E-state index >= 15 is 0 Å². The topological polar surface area (TPSA) is 48.8 Å². The van der Waals surface area contributed by atoms with E-state index in [1.165, 1.54) is 5.56 Å². The Morgan fingerprint density at radius 2 is 1.00 bits per heavy atom. The summed E-state index contributed by atoms with van der Waals surface area (Å²) in [5.74, 6) is 0.611. The Labute approximate surface area is 315 Å². The molecule has 0 saturated carbocycles. The molecule has 12 rings (SSSR count). The van der Waals surface area contributed by atoms with Crippen molar-refractivity contribution in [3.05, 3.63) is 182 Å². The van der Waals surface area contributed by atoms with Gasteiger partial charge in [0, 0.05) is 43.6 Å². The molecule has 0 amide bonds. The molecule has 5 heteroatoms. The van der Waals surface area contributed by atoms with Crippen molar-refractivity contribution in [2.45, 2.75) is 0 Å². The summed E-state index contributed by atoms with van der Waals surface area (Å²) in [5, 5.41) is 7.64. The predicted octanol–water partition coefficient (Wildman–Crippen LogP) is 13.1. The fourth-order valence-corrected chi connectivity index (χ4v) is 8.72. The van der Waals surface area contributed by atoms with Crippen molar-refractivity contribution in [3.8, 4) is 34.0 Å². The molecule has 12 aromatic rings. The quantitative estimate of drug-likeness (QED) is 0.183. The van der Waals surface area contributed by atoms with E-state index in [1.54, 1.807) is 0 Å². The van der Waals surface area contributed by atoms with Crippen LogP contribution in [-0.2, 0) is 0 Å². The molecule has 0 aliphatic carbocycles. The third-order valence-electron chi connectivity index (χ3n) is 11.1. The van der Waals surface area contributed by atoms with E-state index in [0.29, 0.717) is 5.95 Å². The van der Waals surface area contributed by atoms with Gasteiger partial charge in [-0.15, -0.1) is 0 Å². The van der Waals surface area contributed by atoms with E-state index in [9.17, 15) is 0 Å². The first-order valence-corrected chi connectivity index (χ1v) is 18.6. The highest BCUT2D eigenvalue weighted by atomic mass is 16.3. The molecular weight excluding hydrogens is 673 g/mol. The number of hydrogen-bond donors (Lipinski definition) is 0. The summed E-state index contributed by atoms with van der Waals surface area (Å²) < 4.78 is 11.4. The van der Waals surface area contributed by atoms with Crippen LogP contribution in [0.2, 0.25) is 0 Å². The summed E-state index contributed by atoms with van der Waals surface area (Å²) in [7, 11) is 0. The van der Waals surface area contributed by atoms with Crippen LogP contribution in [0.1, 0.15) is 0 Å². The number of aromatic nitrogens is 4. The van der Waals surface area contributed by atoms with Gasteiger partial charge in [-0.1, -0.05) is 127 Å². The molecule has 0 radical (unpaired) electrons. The van der Waals surface area contributed by atoms with Crippen LogP contribution < -0.4 is 0 Å². The van der Waals surface area contributed by atoms with Crippen LogP contribution in [0.15, 0.2) is 186 Å². The Bertz CT molecular complexity index is 3470. The highest BCUT2D eigenvalue weighted by Gasteiger charge is 2.25. The summed E-state index contributed by atoms with van der Waals surface area (Å²) in [5.41, 5.74) is 12.3. The number of rotatable bonds is 4. The van der Waals surface area contributed by atoms with Crippen LogP contribution in [0.3, 0.4) is 0 Å². The molecule has 0 N–H and O–H groups in total. The minimum absolute atomic E-state index is 0.611. The van der Waals surface area contributed by atoms with Gasteiger partial charge in [0.2, 0.25) is 5.95 Å². The molecule has 0 aliphatic rings. The van der Waals surface area contributed by atoms with E-state index in [1.807, 2.05) is 18.2 Å². The molecule has 0 aliphatic heterocycles. The molecule has 4 aromatic heterocycles. The maximum atomic E-state index is 6.75. The first-order chi connectivity index (χ1) is 27.3. The lowest BCUT2D eigenvalue weighted by molar-refractivity contribution is 0.673. The third kappa shape index (κ3) is 4.35. The Hall–Kier alpha value is -7.50. The van der Waals surface area contributed by atoms with Crippen LogP contribution in [-0.4, -0.2) is 19.1 Å². The molecule has 8 aromatic carbocycles. The van der Waals surface area contributed by atoms with Gasteiger partial charge in [0.1, 0.15) is 11.2 Å². The zero-order valence-electron chi connectivity index (χ0n) is 29.5. The van der Waals surface area contributed by atoms with Gasteiger partial charge in [0.25, 0.3) is 0 Å². The van der Waals surface area contributed by atoms with Gasteiger partial charge in [-0.25, -0.2) is 9.97 Å². The van der Waals surface area contributed by atoms with E-state index in [2.05, 4.69) is 173 Å². The summed E-state index contributed by atoms with van der Waals surface area (Å²) in [4.78, 5) is 10.9. The number of hydrogen-bond acceptors (Lipinski definition) is 3. The van der Waals surface area contributed by atoms with Crippen LogP contribution >= 0.6 is 0 Å². The highest BCUT2D eigenvalue weighted by molar-refractivity contribution is 6.30. The van der Waals surface area contributed by atoms with Crippen LogP contribution in [0.5, 0.6) is 0 Å². The van der Waals surface area contributed by atoms with Gasteiger partial charge in [0.05, 0.1) is 38.7 Å². The van der Waals surface area contributed by atoms with Crippen molar-refractivity contribution in [2.24, 2.45) is 0 Å². The van der Waals surface area contributed by atoms with Crippen LogP contribution in [0.25, 0.3) is 110 Å². The van der Waals surface area contributed by atoms with Gasteiger partial charge in [0.15, 0.2) is 0 Å². The van der Waals surface area contributed by atoms with Crippen molar-refractivity contribution in [2.75, 3.05) is 0 Å². The second kappa shape index (κ2) is 11.5. The summed E-state index contributed by atoms with van der Waals surface area (Å²) in [6, 6.07) is 64.0. The second-order valence-corrected chi connectivity index (χ2v) is 14.1. The van der Waals surface area contributed by atoms with Gasteiger partial charge in [-0.05, 0) is 65.7 Å². The lowest BCUT2D eigenvalue weighted by Crippen LogP contribution is -2.03. The predicted molar refractivity (Wildman–Crippen MR) is 226 cm³/mol. The highest BCUT2D eigenvalue weighted by Crippen LogP contribution is 2.45. The minimum Gasteiger partial charge on any atom is -0.455 e. The molecule has 0 spiro atoms. The summed E-state index contributed by atoms with van der Waals surface area (Å²) >= 11 is 0. The Balaban J connectivity index is 1.23. The largest absolute Gasteiger partial charge is 0.455 e. The van der Waals surface area contributed by atoms with E-state index in [4.69, 9.17) is 14.4 Å².